The minimum atomic E-state index is -3.31. The van der Waals surface area contributed by atoms with Gasteiger partial charge in [-0.25, -0.2) is 23.2 Å². The monoisotopic (exact) mass is 527 g/mol. The molecule has 3 aliphatic rings. The van der Waals surface area contributed by atoms with Gasteiger partial charge in [-0.2, -0.15) is 0 Å². The van der Waals surface area contributed by atoms with Gasteiger partial charge in [-0.3, -0.25) is 0 Å². The molecule has 0 spiro atoms. The first-order chi connectivity index (χ1) is 17.9. The summed E-state index contributed by atoms with van der Waals surface area (Å²) in [5, 5.41) is 5.55. The molecule has 1 aromatic carbocycles. The number of nitrogens with one attached hydrogen (secondary N) is 2. The van der Waals surface area contributed by atoms with Crippen LogP contribution in [-0.4, -0.2) is 61.5 Å². The summed E-state index contributed by atoms with van der Waals surface area (Å²) >= 11 is 0. The van der Waals surface area contributed by atoms with Crippen LogP contribution in [0.3, 0.4) is 0 Å². The van der Waals surface area contributed by atoms with Crippen molar-refractivity contribution in [1.29, 1.82) is 0 Å². The largest absolute Gasteiger partial charge is 0.377 e. The second-order valence-corrected chi connectivity index (χ2v) is 12.8. The lowest BCUT2D eigenvalue weighted by Crippen LogP contribution is -2.44. The zero-order valence-corrected chi connectivity index (χ0v) is 22.3. The normalized spacial score (nSPS) is 21.3. The lowest BCUT2D eigenvalue weighted by atomic mass is 9.93. The Bertz CT molecular complexity index is 1190. The molecular weight excluding hydrogens is 490 g/mol. The van der Waals surface area contributed by atoms with E-state index in [0.717, 1.165) is 62.7 Å². The highest BCUT2D eigenvalue weighted by Crippen LogP contribution is 2.29. The Morgan fingerprint density at radius 1 is 1.05 bits per heavy atom. The van der Waals surface area contributed by atoms with Crippen molar-refractivity contribution >= 4 is 27.4 Å². The fraction of sp³-hybridized carbons (Fsp3) is 0.593. The number of nitrogens with zero attached hydrogens (tertiary/aromatic N) is 3. The number of carbonyl (C=O) groups is 1. The molecule has 2 aromatic rings. The second kappa shape index (κ2) is 11.3. The summed E-state index contributed by atoms with van der Waals surface area (Å²) in [5.41, 5.74) is 1.97. The topological polar surface area (TPSA) is 114 Å². The van der Waals surface area contributed by atoms with Crippen molar-refractivity contribution in [2.75, 3.05) is 30.0 Å². The number of hydrogen-bond acceptors (Lipinski definition) is 7. The van der Waals surface area contributed by atoms with Gasteiger partial charge in [0.05, 0.1) is 36.0 Å². The van der Waals surface area contributed by atoms with E-state index >= 15 is 0 Å². The molecule has 1 aliphatic heterocycles. The van der Waals surface area contributed by atoms with Crippen LogP contribution in [0.15, 0.2) is 30.3 Å². The van der Waals surface area contributed by atoms with Crippen molar-refractivity contribution in [2.24, 2.45) is 0 Å². The third-order valence-corrected chi connectivity index (χ3v) is 9.86. The zero-order chi connectivity index (χ0) is 25.8. The van der Waals surface area contributed by atoms with Crippen LogP contribution in [0.5, 0.6) is 0 Å². The number of ether oxygens (including phenoxy) is 1. The standard InChI is InChI=1S/C27H37N5O4S/c1-19-17-36-15-14-32(19)25-16-23(18-37(34,35)24-8-3-2-4-9-24)28-26(31-25)20-10-12-22(13-11-20)30-27(33)29-21-6-5-7-21/h10-13,16,19,21,24H,2-9,14-15,17-18H2,1H3,(H2,29,30,33)/t19-/m0/s1. The summed E-state index contributed by atoms with van der Waals surface area (Å²) in [6.45, 7) is 3.96. The van der Waals surface area contributed by atoms with E-state index < -0.39 is 9.84 Å². The number of morpholine rings is 1. The van der Waals surface area contributed by atoms with Crippen molar-refractivity contribution in [3.8, 4) is 11.4 Å². The van der Waals surface area contributed by atoms with Gasteiger partial charge in [-0.05, 0) is 63.3 Å². The first-order valence-corrected chi connectivity index (χ1v) is 15.2. The molecule has 0 unspecified atom stereocenters. The molecular formula is C27H37N5O4S. The van der Waals surface area contributed by atoms with Crippen LogP contribution in [-0.2, 0) is 20.3 Å². The van der Waals surface area contributed by atoms with Gasteiger partial charge in [0.25, 0.3) is 0 Å². The molecule has 200 valence electrons. The number of sulfone groups is 1. The molecule has 1 aromatic heterocycles. The first-order valence-electron chi connectivity index (χ1n) is 13.5. The summed E-state index contributed by atoms with van der Waals surface area (Å²) < 4.78 is 32.1. The number of rotatable bonds is 7. The average molecular weight is 528 g/mol. The number of benzene rings is 1. The van der Waals surface area contributed by atoms with Crippen LogP contribution in [0.2, 0.25) is 0 Å². The van der Waals surface area contributed by atoms with Crippen molar-refractivity contribution < 1.29 is 17.9 Å². The Balaban J connectivity index is 1.39. The van der Waals surface area contributed by atoms with E-state index in [1.54, 1.807) is 0 Å². The van der Waals surface area contributed by atoms with Gasteiger partial charge >= 0.3 is 6.03 Å². The van der Waals surface area contributed by atoms with Crippen molar-refractivity contribution in [3.05, 3.63) is 36.0 Å². The number of carbonyl (C=O) groups excluding carboxylic acids is 1. The van der Waals surface area contributed by atoms with Gasteiger partial charge in [0.2, 0.25) is 0 Å². The van der Waals surface area contributed by atoms with E-state index in [2.05, 4.69) is 22.5 Å². The molecule has 1 atom stereocenters. The molecule has 2 amide bonds. The van der Waals surface area contributed by atoms with Gasteiger partial charge in [0.15, 0.2) is 15.7 Å². The van der Waals surface area contributed by atoms with Gasteiger partial charge < -0.3 is 20.3 Å². The van der Waals surface area contributed by atoms with E-state index in [0.29, 0.717) is 37.0 Å². The van der Waals surface area contributed by atoms with Gasteiger partial charge in [0.1, 0.15) is 5.82 Å². The molecule has 5 rings (SSSR count). The zero-order valence-electron chi connectivity index (χ0n) is 21.5. The summed E-state index contributed by atoms with van der Waals surface area (Å²) in [6, 6.07) is 9.38. The molecule has 2 saturated carbocycles. The SMILES string of the molecule is C[C@H]1COCCN1c1cc(CS(=O)(=O)C2CCCCC2)nc(-c2ccc(NC(=O)NC3CCC3)cc2)n1. The molecule has 37 heavy (non-hydrogen) atoms. The fourth-order valence-corrected chi connectivity index (χ4v) is 7.10. The molecule has 1 saturated heterocycles. The third kappa shape index (κ3) is 6.41. The average Bonchev–Trinajstić information content (AvgIpc) is 2.87. The van der Waals surface area contributed by atoms with Crippen molar-refractivity contribution in [2.45, 2.75) is 81.4 Å². The summed E-state index contributed by atoms with van der Waals surface area (Å²) in [5.74, 6) is 1.12. The molecule has 0 bridgehead atoms. The molecule has 2 heterocycles. The number of urea groups is 1. The quantitative estimate of drug-likeness (QED) is 0.552. The van der Waals surface area contributed by atoms with Gasteiger partial charge in [0, 0.05) is 29.9 Å². The summed E-state index contributed by atoms with van der Waals surface area (Å²) in [6.07, 6.45) is 7.72. The number of aromatic nitrogens is 2. The smallest absolute Gasteiger partial charge is 0.319 e. The van der Waals surface area contributed by atoms with Crippen LogP contribution in [0, 0.1) is 0 Å². The highest BCUT2D eigenvalue weighted by molar-refractivity contribution is 7.91. The lowest BCUT2D eigenvalue weighted by Gasteiger charge is -2.34. The van der Waals surface area contributed by atoms with E-state index in [1.165, 1.54) is 0 Å². The molecule has 10 heteroatoms. The highest BCUT2D eigenvalue weighted by atomic mass is 32.2. The Morgan fingerprint density at radius 3 is 2.49 bits per heavy atom. The minimum absolute atomic E-state index is 0.0834. The molecule has 2 aliphatic carbocycles. The van der Waals surface area contributed by atoms with E-state index in [1.807, 2.05) is 30.3 Å². The van der Waals surface area contributed by atoms with Crippen molar-refractivity contribution in [3.63, 3.8) is 0 Å². The summed E-state index contributed by atoms with van der Waals surface area (Å²) in [7, 11) is -3.31. The molecule has 0 radical (unpaired) electrons. The minimum Gasteiger partial charge on any atom is -0.377 e. The maximum atomic E-state index is 13.3. The Kier molecular flexibility index (Phi) is 7.95. The number of anilines is 2. The Hall–Kier alpha value is -2.72. The molecule has 2 N–H and O–H groups in total. The van der Waals surface area contributed by atoms with E-state index in [-0.39, 0.29) is 29.1 Å². The maximum absolute atomic E-state index is 13.3. The third-order valence-electron chi connectivity index (χ3n) is 7.68. The van der Waals surface area contributed by atoms with Crippen LogP contribution in [0.4, 0.5) is 16.3 Å². The predicted molar refractivity (Wildman–Crippen MR) is 144 cm³/mol. The van der Waals surface area contributed by atoms with E-state index in [9.17, 15) is 13.2 Å². The van der Waals surface area contributed by atoms with Crippen LogP contribution >= 0.6 is 0 Å². The Morgan fingerprint density at radius 2 is 1.81 bits per heavy atom. The first kappa shape index (κ1) is 25.9. The van der Waals surface area contributed by atoms with Crippen molar-refractivity contribution in [1.82, 2.24) is 15.3 Å². The van der Waals surface area contributed by atoms with Crippen LogP contribution in [0.1, 0.15) is 64.0 Å². The van der Waals surface area contributed by atoms with Crippen LogP contribution < -0.4 is 15.5 Å². The second-order valence-electron chi connectivity index (χ2n) is 10.5. The molecule has 9 nitrogen and oxygen atoms in total. The number of hydrogen-bond donors (Lipinski definition) is 2. The maximum Gasteiger partial charge on any atom is 0.319 e. The van der Waals surface area contributed by atoms with Crippen LogP contribution in [0.25, 0.3) is 11.4 Å². The highest BCUT2D eigenvalue weighted by Gasteiger charge is 2.29. The number of amides is 2. The van der Waals surface area contributed by atoms with E-state index in [4.69, 9.17) is 14.7 Å². The predicted octanol–water partition coefficient (Wildman–Crippen LogP) is 4.29. The Labute approximate surface area is 219 Å². The van der Waals surface area contributed by atoms with Gasteiger partial charge in [-0.1, -0.05) is 19.3 Å². The lowest BCUT2D eigenvalue weighted by molar-refractivity contribution is 0.0985. The summed E-state index contributed by atoms with van der Waals surface area (Å²) in [4.78, 5) is 23.9. The van der Waals surface area contributed by atoms with Gasteiger partial charge in [-0.15, -0.1) is 0 Å². The molecule has 3 fully saturated rings. The fourth-order valence-electron chi connectivity index (χ4n) is 5.26.